The number of hydrogen-bond acceptors (Lipinski definition) is 4. The van der Waals surface area contributed by atoms with Gasteiger partial charge in [-0.3, -0.25) is 9.52 Å². The molecule has 1 aliphatic rings. The summed E-state index contributed by atoms with van der Waals surface area (Å²) < 4.78 is 27.1. The van der Waals surface area contributed by atoms with Crippen LogP contribution in [-0.4, -0.2) is 33.5 Å². The summed E-state index contributed by atoms with van der Waals surface area (Å²) in [5.41, 5.74) is 0.924. The predicted molar refractivity (Wildman–Crippen MR) is 104 cm³/mol. The third-order valence-electron chi connectivity index (χ3n) is 4.08. The summed E-state index contributed by atoms with van der Waals surface area (Å²) >= 11 is 0. The van der Waals surface area contributed by atoms with E-state index in [4.69, 9.17) is 0 Å². The Labute approximate surface area is 159 Å². The molecule has 1 unspecified atom stereocenters. The zero-order valence-electron chi connectivity index (χ0n) is 14.1. The maximum absolute atomic E-state index is 12.3. The Balaban J connectivity index is 0.00000243. The number of anilines is 1. The van der Waals surface area contributed by atoms with Crippen molar-refractivity contribution in [1.82, 2.24) is 10.6 Å². The van der Waals surface area contributed by atoms with E-state index in [1.807, 2.05) is 0 Å². The van der Waals surface area contributed by atoms with Gasteiger partial charge in [-0.1, -0.05) is 18.2 Å². The van der Waals surface area contributed by atoms with E-state index < -0.39 is 10.0 Å². The molecule has 8 heteroatoms. The van der Waals surface area contributed by atoms with Crippen LogP contribution in [0, 0.1) is 0 Å². The van der Waals surface area contributed by atoms with Gasteiger partial charge in [0.1, 0.15) is 0 Å². The van der Waals surface area contributed by atoms with Crippen LogP contribution in [0.3, 0.4) is 0 Å². The van der Waals surface area contributed by atoms with E-state index in [9.17, 15) is 13.2 Å². The molecule has 0 spiro atoms. The average Bonchev–Trinajstić information content (AvgIpc) is 2.63. The third-order valence-corrected chi connectivity index (χ3v) is 5.48. The number of amides is 1. The summed E-state index contributed by atoms with van der Waals surface area (Å²) in [6, 6.07) is 14.7. The van der Waals surface area contributed by atoms with E-state index in [0.717, 1.165) is 25.9 Å². The smallest absolute Gasteiger partial charge is 0.261 e. The number of halogens is 1. The number of hydrogen-bond donors (Lipinski definition) is 3. The molecule has 0 radical (unpaired) electrons. The molecular formula is C18H22ClN3O3S. The first-order valence-electron chi connectivity index (χ1n) is 8.24. The van der Waals surface area contributed by atoms with Crippen LogP contribution >= 0.6 is 12.4 Å². The van der Waals surface area contributed by atoms with Crippen molar-refractivity contribution in [2.24, 2.45) is 0 Å². The minimum absolute atomic E-state index is 0. The minimum Gasteiger partial charge on any atom is -0.348 e. The largest absolute Gasteiger partial charge is 0.348 e. The predicted octanol–water partition coefficient (Wildman–Crippen LogP) is 2.39. The van der Waals surface area contributed by atoms with Crippen LogP contribution in [0.4, 0.5) is 5.69 Å². The Bertz CT molecular complexity index is 821. The van der Waals surface area contributed by atoms with E-state index in [0.29, 0.717) is 11.3 Å². The second-order valence-corrected chi connectivity index (χ2v) is 7.70. The number of rotatable bonds is 5. The fourth-order valence-electron chi connectivity index (χ4n) is 2.75. The normalized spacial score (nSPS) is 17.0. The van der Waals surface area contributed by atoms with Gasteiger partial charge in [-0.15, -0.1) is 12.4 Å². The summed E-state index contributed by atoms with van der Waals surface area (Å²) in [5.74, 6) is -0.147. The zero-order chi connectivity index (χ0) is 17.7. The van der Waals surface area contributed by atoms with Crippen LogP contribution in [0.15, 0.2) is 59.5 Å². The maximum atomic E-state index is 12.3. The number of carbonyl (C=O) groups is 1. The fourth-order valence-corrected chi connectivity index (χ4v) is 3.83. The molecule has 140 valence electrons. The van der Waals surface area contributed by atoms with E-state index in [1.54, 1.807) is 42.5 Å². The van der Waals surface area contributed by atoms with Gasteiger partial charge in [0.05, 0.1) is 4.90 Å². The van der Waals surface area contributed by atoms with Crippen molar-refractivity contribution in [3.8, 4) is 0 Å². The third kappa shape index (κ3) is 5.20. The van der Waals surface area contributed by atoms with Gasteiger partial charge in [-0.2, -0.15) is 0 Å². The molecule has 1 heterocycles. The van der Waals surface area contributed by atoms with Gasteiger partial charge in [0.2, 0.25) is 0 Å². The Morgan fingerprint density at radius 1 is 1.04 bits per heavy atom. The summed E-state index contributed by atoms with van der Waals surface area (Å²) in [6.07, 6.45) is 2.01. The highest BCUT2D eigenvalue weighted by atomic mass is 35.5. The fraction of sp³-hybridized carbons (Fsp3) is 0.278. The van der Waals surface area contributed by atoms with Crippen molar-refractivity contribution in [3.05, 3.63) is 60.2 Å². The van der Waals surface area contributed by atoms with Crippen LogP contribution < -0.4 is 15.4 Å². The van der Waals surface area contributed by atoms with E-state index in [1.165, 1.54) is 12.1 Å². The molecule has 3 N–H and O–H groups in total. The van der Waals surface area contributed by atoms with Gasteiger partial charge in [-0.25, -0.2) is 8.42 Å². The number of benzene rings is 2. The molecule has 0 saturated carbocycles. The lowest BCUT2D eigenvalue weighted by Gasteiger charge is -2.23. The molecule has 1 saturated heterocycles. The lowest BCUT2D eigenvalue weighted by atomic mass is 10.1. The zero-order valence-corrected chi connectivity index (χ0v) is 15.8. The molecule has 0 aromatic heterocycles. The van der Waals surface area contributed by atoms with Crippen molar-refractivity contribution >= 4 is 34.0 Å². The minimum atomic E-state index is -3.63. The lowest BCUT2D eigenvalue weighted by Crippen LogP contribution is -2.45. The monoisotopic (exact) mass is 395 g/mol. The van der Waals surface area contributed by atoms with Crippen molar-refractivity contribution in [2.45, 2.75) is 23.8 Å². The highest BCUT2D eigenvalue weighted by molar-refractivity contribution is 7.92. The molecule has 1 atom stereocenters. The number of carbonyl (C=O) groups excluding carboxylic acids is 1. The van der Waals surface area contributed by atoms with Gasteiger partial charge < -0.3 is 10.6 Å². The van der Waals surface area contributed by atoms with Crippen molar-refractivity contribution in [2.75, 3.05) is 17.8 Å². The van der Waals surface area contributed by atoms with Crippen LogP contribution in [0.2, 0.25) is 0 Å². The molecule has 0 bridgehead atoms. The van der Waals surface area contributed by atoms with Crippen LogP contribution in [0.25, 0.3) is 0 Å². The van der Waals surface area contributed by atoms with Gasteiger partial charge in [0.25, 0.3) is 15.9 Å². The maximum Gasteiger partial charge on any atom is 0.261 e. The van der Waals surface area contributed by atoms with E-state index >= 15 is 0 Å². The van der Waals surface area contributed by atoms with Crippen LogP contribution in [-0.2, 0) is 10.0 Å². The van der Waals surface area contributed by atoms with Crippen LogP contribution in [0.5, 0.6) is 0 Å². The van der Waals surface area contributed by atoms with Crippen molar-refractivity contribution in [3.63, 3.8) is 0 Å². The lowest BCUT2D eigenvalue weighted by molar-refractivity contribution is 0.0930. The van der Waals surface area contributed by atoms with Gasteiger partial charge in [-0.05, 0) is 55.8 Å². The molecule has 2 aromatic rings. The summed E-state index contributed by atoms with van der Waals surface area (Å²) in [6.45, 7) is 1.77. The van der Waals surface area contributed by atoms with E-state index in [2.05, 4.69) is 15.4 Å². The van der Waals surface area contributed by atoms with Gasteiger partial charge in [0.15, 0.2) is 0 Å². The number of sulfonamides is 1. The first kappa shape index (κ1) is 20.2. The topological polar surface area (TPSA) is 87.3 Å². The van der Waals surface area contributed by atoms with Gasteiger partial charge >= 0.3 is 0 Å². The number of piperidine rings is 1. The highest BCUT2D eigenvalue weighted by Gasteiger charge is 2.17. The molecule has 1 fully saturated rings. The molecule has 0 aliphatic carbocycles. The standard InChI is InChI=1S/C18H21N3O3S.ClH/c22-18(20-16-5-4-12-19-13-16)14-8-10-15(11-9-14)21-25(23,24)17-6-2-1-3-7-17;/h1-3,6-11,16,19,21H,4-5,12-13H2,(H,20,22);1H. The first-order valence-corrected chi connectivity index (χ1v) is 9.72. The quantitative estimate of drug-likeness (QED) is 0.725. The Kier molecular flexibility index (Phi) is 7.02. The molecule has 1 aliphatic heterocycles. The number of nitrogens with one attached hydrogen (secondary N) is 3. The second-order valence-electron chi connectivity index (χ2n) is 6.01. The van der Waals surface area contributed by atoms with E-state index in [-0.39, 0.29) is 29.3 Å². The second kappa shape index (κ2) is 9.02. The average molecular weight is 396 g/mol. The molecular weight excluding hydrogens is 374 g/mol. The summed E-state index contributed by atoms with van der Waals surface area (Å²) in [7, 11) is -3.63. The summed E-state index contributed by atoms with van der Waals surface area (Å²) in [4.78, 5) is 12.4. The SMILES string of the molecule is Cl.O=C(NC1CCCNC1)c1ccc(NS(=O)(=O)c2ccccc2)cc1. The Hall–Kier alpha value is -2.09. The van der Waals surface area contributed by atoms with Crippen molar-refractivity contribution < 1.29 is 13.2 Å². The van der Waals surface area contributed by atoms with Crippen molar-refractivity contribution in [1.29, 1.82) is 0 Å². The molecule has 2 aromatic carbocycles. The first-order chi connectivity index (χ1) is 12.0. The highest BCUT2D eigenvalue weighted by Crippen LogP contribution is 2.16. The van der Waals surface area contributed by atoms with Crippen LogP contribution in [0.1, 0.15) is 23.2 Å². The summed E-state index contributed by atoms with van der Waals surface area (Å²) in [5, 5.41) is 6.24. The molecule has 6 nitrogen and oxygen atoms in total. The Morgan fingerprint density at radius 2 is 1.73 bits per heavy atom. The molecule has 26 heavy (non-hydrogen) atoms. The van der Waals surface area contributed by atoms with Gasteiger partial charge in [0, 0.05) is 23.8 Å². The molecule has 1 amide bonds. The molecule has 3 rings (SSSR count). The Morgan fingerprint density at radius 3 is 2.35 bits per heavy atom.